The second-order valence-electron chi connectivity index (χ2n) is 6.68. The van der Waals surface area contributed by atoms with Crippen molar-refractivity contribution >= 4 is 5.91 Å². The van der Waals surface area contributed by atoms with Crippen LogP contribution in [-0.2, 0) is 6.54 Å². The maximum absolute atomic E-state index is 13.3. The number of carbonyl (C=O) groups excluding carboxylic acids is 1. The Morgan fingerprint density at radius 2 is 1.76 bits per heavy atom. The Morgan fingerprint density at radius 3 is 2.45 bits per heavy atom. The standard InChI is InChI=1S/C22H18FN5O/c1-27(14-16-5-3-2-4-6-16)22(29)19-11-18(17-7-9-20(23)10-8-17)12-21(13-19)28-15-24-25-26-28/h2-13,15H,14H2,1H3. The Balaban J connectivity index is 1.71. The summed E-state index contributed by atoms with van der Waals surface area (Å²) in [5.74, 6) is -0.448. The molecule has 0 radical (unpaired) electrons. The van der Waals surface area contributed by atoms with Crippen LogP contribution in [0.25, 0.3) is 16.8 Å². The quantitative estimate of drug-likeness (QED) is 0.523. The van der Waals surface area contributed by atoms with Crippen LogP contribution in [0, 0.1) is 5.82 Å². The Bertz CT molecular complexity index is 1110. The molecule has 7 heteroatoms. The van der Waals surface area contributed by atoms with Gasteiger partial charge in [0.15, 0.2) is 0 Å². The van der Waals surface area contributed by atoms with Gasteiger partial charge in [0.05, 0.1) is 5.69 Å². The van der Waals surface area contributed by atoms with E-state index in [1.165, 1.54) is 23.1 Å². The van der Waals surface area contributed by atoms with E-state index in [2.05, 4.69) is 15.5 Å². The van der Waals surface area contributed by atoms with Crippen molar-refractivity contribution in [3.63, 3.8) is 0 Å². The summed E-state index contributed by atoms with van der Waals surface area (Å²) in [5, 5.41) is 11.3. The second-order valence-corrected chi connectivity index (χ2v) is 6.68. The molecule has 1 amide bonds. The molecule has 6 nitrogen and oxygen atoms in total. The molecule has 0 N–H and O–H groups in total. The van der Waals surface area contributed by atoms with Crippen molar-refractivity contribution in [2.45, 2.75) is 6.54 Å². The molecule has 144 valence electrons. The highest BCUT2D eigenvalue weighted by Crippen LogP contribution is 2.25. The Morgan fingerprint density at radius 1 is 1.00 bits per heavy atom. The van der Waals surface area contributed by atoms with E-state index in [0.29, 0.717) is 17.8 Å². The fourth-order valence-corrected chi connectivity index (χ4v) is 3.10. The molecule has 0 aliphatic heterocycles. The zero-order valence-electron chi connectivity index (χ0n) is 15.7. The number of hydrogen-bond donors (Lipinski definition) is 0. The van der Waals surface area contributed by atoms with Crippen molar-refractivity contribution in [3.05, 3.63) is 96.1 Å². The van der Waals surface area contributed by atoms with E-state index in [1.807, 2.05) is 36.4 Å². The summed E-state index contributed by atoms with van der Waals surface area (Å²) in [6.45, 7) is 0.487. The van der Waals surface area contributed by atoms with Crippen LogP contribution in [0.15, 0.2) is 79.1 Å². The van der Waals surface area contributed by atoms with Crippen LogP contribution in [-0.4, -0.2) is 38.1 Å². The van der Waals surface area contributed by atoms with E-state index in [9.17, 15) is 9.18 Å². The van der Waals surface area contributed by atoms with Gasteiger partial charge in [0.25, 0.3) is 5.91 Å². The molecule has 0 atom stereocenters. The fraction of sp³-hybridized carbons (Fsp3) is 0.0909. The minimum Gasteiger partial charge on any atom is -0.337 e. The Kier molecular flexibility index (Phi) is 5.11. The van der Waals surface area contributed by atoms with Crippen molar-refractivity contribution in [1.82, 2.24) is 25.1 Å². The zero-order valence-corrected chi connectivity index (χ0v) is 15.7. The van der Waals surface area contributed by atoms with E-state index in [1.54, 1.807) is 36.2 Å². The molecule has 29 heavy (non-hydrogen) atoms. The molecule has 0 spiro atoms. The van der Waals surface area contributed by atoms with Crippen LogP contribution in [0.2, 0.25) is 0 Å². The molecule has 0 fully saturated rings. The number of carbonyl (C=O) groups is 1. The van der Waals surface area contributed by atoms with Gasteiger partial charge >= 0.3 is 0 Å². The van der Waals surface area contributed by atoms with Crippen molar-refractivity contribution in [2.75, 3.05) is 7.05 Å². The lowest BCUT2D eigenvalue weighted by molar-refractivity contribution is 0.0785. The number of amides is 1. The van der Waals surface area contributed by atoms with Crippen molar-refractivity contribution < 1.29 is 9.18 Å². The predicted octanol–water partition coefficient (Wildman–Crippen LogP) is 3.74. The van der Waals surface area contributed by atoms with Crippen molar-refractivity contribution in [2.24, 2.45) is 0 Å². The molecular weight excluding hydrogens is 369 g/mol. The van der Waals surface area contributed by atoms with Gasteiger partial charge in [0.1, 0.15) is 12.1 Å². The SMILES string of the molecule is CN(Cc1ccccc1)C(=O)c1cc(-c2ccc(F)cc2)cc(-n2cnnn2)c1. The number of nitrogens with zero attached hydrogens (tertiary/aromatic N) is 5. The number of rotatable bonds is 5. The van der Waals surface area contributed by atoms with E-state index in [-0.39, 0.29) is 11.7 Å². The van der Waals surface area contributed by atoms with Crippen LogP contribution < -0.4 is 0 Å². The molecule has 0 aliphatic rings. The van der Waals surface area contributed by atoms with Gasteiger partial charge in [-0.3, -0.25) is 4.79 Å². The number of benzene rings is 3. The summed E-state index contributed by atoms with van der Waals surface area (Å²) < 4.78 is 14.8. The second kappa shape index (κ2) is 8.02. The summed E-state index contributed by atoms with van der Waals surface area (Å²) in [6.07, 6.45) is 1.46. The van der Waals surface area contributed by atoms with Gasteiger partial charge in [-0.15, -0.1) is 5.10 Å². The highest BCUT2D eigenvalue weighted by molar-refractivity contribution is 5.96. The Labute approximate surface area is 167 Å². The van der Waals surface area contributed by atoms with Crippen LogP contribution in [0.3, 0.4) is 0 Å². The topological polar surface area (TPSA) is 63.9 Å². The molecule has 0 saturated carbocycles. The lowest BCUT2D eigenvalue weighted by atomic mass is 10.0. The van der Waals surface area contributed by atoms with Crippen molar-refractivity contribution in [1.29, 1.82) is 0 Å². The van der Waals surface area contributed by atoms with Crippen LogP contribution in [0.4, 0.5) is 4.39 Å². The average Bonchev–Trinajstić information content (AvgIpc) is 3.29. The summed E-state index contributed by atoms with van der Waals surface area (Å²) in [4.78, 5) is 14.8. The first kappa shape index (κ1) is 18.5. The van der Waals surface area contributed by atoms with E-state index < -0.39 is 0 Å². The third-order valence-electron chi connectivity index (χ3n) is 4.57. The van der Waals surface area contributed by atoms with Gasteiger partial charge < -0.3 is 4.90 Å². The molecule has 0 saturated heterocycles. The van der Waals surface area contributed by atoms with Gasteiger partial charge in [-0.05, 0) is 57.4 Å². The first-order valence-electron chi connectivity index (χ1n) is 9.04. The summed E-state index contributed by atoms with van der Waals surface area (Å²) >= 11 is 0. The lowest BCUT2D eigenvalue weighted by Gasteiger charge is -2.18. The molecule has 1 heterocycles. The molecule has 0 bridgehead atoms. The molecular formula is C22H18FN5O. The zero-order chi connectivity index (χ0) is 20.2. The summed E-state index contributed by atoms with van der Waals surface area (Å²) in [5.41, 5.74) is 3.75. The number of aromatic nitrogens is 4. The molecule has 4 rings (SSSR count). The first-order valence-corrected chi connectivity index (χ1v) is 9.04. The fourth-order valence-electron chi connectivity index (χ4n) is 3.10. The van der Waals surface area contributed by atoms with Gasteiger partial charge in [0.2, 0.25) is 0 Å². The maximum Gasteiger partial charge on any atom is 0.253 e. The first-order chi connectivity index (χ1) is 14.1. The van der Waals surface area contributed by atoms with Crippen LogP contribution >= 0.6 is 0 Å². The van der Waals surface area contributed by atoms with Crippen molar-refractivity contribution in [3.8, 4) is 16.8 Å². The van der Waals surface area contributed by atoms with E-state index in [0.717, 1.165) is 16.7 Å². The summed E-state index contributed by atoms with van der Waals surface area (Å²) in [7, 11) is 1.76. The molecule has 4 aromatic rings. The summed E-state index contributed by atoms with van der Waals surface area (Å²) in [6, 6.07) is 21.3. The minimum atomic E-state index is -0.315. The van der Waals surface area contributed by atoms with Crippen LogP contribution in [0.1, 0.15) is 15.9 Å². The molecule has 0 aliphatic carbocycles. The molecule has 0 unspecified atom stereocenters. The van der Waals surface area contributed by atoms with Gasteiger partial charge in [-0.25, -0.2) is 9.07 Å². The van der Waals surface area contributed by atoms with Crippen LogP contribution in [0.5, 0.6) is 0 Å². The Hall–Kier alpha value is -3.87. The van der Waals surface area contributed by atoms with E-state index >= 15 is 0 Å². The van der Waals surface area contributed by atoms with E-state index in [4.69, 9.17) is 0 Å². The molecule has 3 aromatic carbocycles. The number of tetrazole rings is 1. The maximum atomic E-state index is 13.3. The highest BCUT2D eigenvalue weighted by Gasteiger charge is 2.16. The highest BCUT2D eigenvalue weighted by atomic mass is 19.1. The van der Waals surface area contributed by atoms with Gasteiger partial charge in [0, 0.05) is 19.2 Å². The average molecular weight is 387 g/mol. The normalized spacial score (nSPS) is 10.7. The van der Waals surface area contributed by atoms with Gasteiger partial charge in [-0.2, -0.15) is 0 Å². The monoisotopic (exact) mass is 387 g/mol. The number of halogens is 1. The third-order valence-corrected chi connectivity index (χ3v) is 4.57. The largest absolute Gasteiger partial charge is 0.337 e. The minimum absolute atomic E-state index is 0.132. The predicted molar refractivity (Wildman–Crippen MR) is 107 cm³/mol. The smallest absolute Gasteiger partial charge is 0.253 e. The third kappa shape index (κ3) is 4.19. The molecule has 1 aromatic heterocycles. The number of hydrogen-bond acceptors (Lipinski definition) is 4. The van der Waals surface area contributed by atoms with Gasteiger partial charge in [-0.1, -0.05) is 42.5 Å². The lowest BCUT2D eigenvalue weighted by Crippen LogP contribution is -2.26.